The lowest BCUT2D eigenvalue weighted by atomic mass is 10.0. The van der Waals surface area contributed by atoms with E-state index in [1.165, 1.54) is 11.1 Å². The number of likely N-dealkylation sites (N-methyl/N-ethyl adjacent to an activating group) is 1. The van der Waals surface area contributed by atoms with Crippen molar-refractivity contribution in [2.75, 3.05) is 20.1 Å². The number of ether oxygens (including phenoxy) is 1. The summed E-state index contributed by atoms with van der Waals surface area (Å²) in [6.45, 7) is 5.81. The molecule has 2 atom stereocenters. The Morgan fingerprint density at radius 3 is 2.82 bits per heavy atom. The van der Waals surface area contributed by atoms with E-state index in [9.17, 15) is 5.11 Å². The van der Waals surface area contributed by atoms with Crippen LogP contribution in [-0.2, 0) is 0 Å². The molecular formula is C14H21NO2. The molecule has 1 saturated heterocycles. The third kappa shape index (κ3) is 2.79. The zero-order chi connectivity index (χ0) is 12.4. The first-order chi connectivity index (χ1) is 8.08. The molecule has 1 aromatic rings. The molecule has 1 aromatic carbocycles. The van der Waals surface area contributed by atoms with Crippen LogP contribution in [0.4, 0.5) is 0 Å². The van der Waals surface area contributed by atoms with Gasteiger partial charge in [-0.1, -0.05) is 12.1 Å². The van der Waals surface area contributed by atoms with Gasteiger partial charge in [-0.2, -0.15) is 0 Å². The van der Waals surface area contributed by atoms with Crippen LogP contribution in [0, 0.1) is 13.8 Å². The van der Waals surface area contributed by atoms with E-state index in [4.69, 9.17) is 4.74 Å². The number of rotatable bonds is 2. The number of hydrogen-bond acceptors (Lipinski definition) is 3. The second kappa shape index (κ2) is 5.07. The van der Waals surface area contributed by atoms with Gasteiger partial charge >= 0.3 is 0 Å². The summed E-state index contributed by atoms with van der Waals surface area (Å²) in [5, 5.41) is 9.99. The predicted molar refractivity (Wildman–Crippen MR) is 68.5 cm³/mol. The number of nitrogens with zero attached hydrogens (tertiary/aromatic N) is 1. The van der Waals surface area contributed by atoms with Gasteiger partial charge in [-0.25, -0.2) is 0 Å². The van der Waals surface area contributed by atoms with Gasteiger partial charge in [0, 0.05) is 13.1 Å². The van der Waals surface area contributed by atoms with Crippen LogP contribution >= 0.6 is 0 Å². The van der Waals surface area contributed by atoms with Crippen LogP contribution in [0.25, 0.3) is 0 Å². The van der Waals surface area contributed by atoms with Crippen LogP contribution in [-0.4, -0.2) is 42.4 Å². The number of likely N-dealkylation sites (tertiary alicyclic amines) is 1. The summed E-state index contributed by atoms with van der Waals surface area (Å²) < 4.78 is 5.95. The fourth-order valence-corrected chi connectivity index (χ4v) is 2.22. The number of benzene rings is 1. The Labute approximate surface area is 103 Å². The van der Waals surface area contributed by atoms with Crippen LogP contribution in [0.5, 0.6) is 5.75 Å². The smallest absolute Gasteiger partial charge is 0.127 e. The van der Waals surface area contributed by atoms with Crippen molar-refractivity contribution in [1.29, 1.82) is 0 Å². The number of aryl methyl sites for hydroxylation is 1. The molecule has 94 valence electrons. The Balaban J connectivity index is 2.08. The Morgan fingerprint density at radius 1 is 1.35 bits per heavy atom. The largest absolute Gasteiger partial charge is 0.487 e. The van der Waals surface area contributed by atoms with Crippen LogP contribution in [0.2, 0.25) is 0 Å². The Morgan fingerprint density at radius 2 is 2.12 bits per heavy atom. The lowest BCUT2D eigenvalue weighted by Gasteiger charge is -2.34. The van der Waals surface area contributed by atoms with Gasteiger partial charge < -0.3 is 14.7 Å². The lowest BCUT2D eigenvalue weighted by Crippen LogP contribution is -2.47. The van der Waals surface area contributed by atoms with Gasteiger partial charge in [0.2, 0.25) is 0 Å². The summed E-state index contributed by atoms with van der Waals surface area (Å²) in [4.78, 5) is 2.13. The SMILES string of the molecule is Cc1cccc(O[C@H]2CCN(C)C[C@H]2O)c1C. The van der Waals surface area contributed by atoms with Gasteiger partial charge in [0.1, 0.15) is 18.0 Å². The predicted octanol–water partition coefficient (Wildman–Crippen LogP) is 1.75. The molecule has 3 nitrogen and oxygen atoms in total. The van der Waals surface area contributed by atoms with E-state index < -0.39 is 6.10 Å². The molecule has 0 aromatic heterocycles. The molecule has 0 aliphatic carbocycles. The van der Waals surface area contributed by atoms with E-state index >= 15 is 0 Å². The van der Waals surface area contributed by atoms with Crippen LogP contribution < -0.4 is 4.74 Å². The second-order valence-corrected chi connectivity index (χ2v) is 4.97. The molecule has 0 spiro atoms. The number of piperidine rings is 1. The average Bonchev–Trinajstić information content (AvgIpc) is 2.28. The van der Waals surface area contributed by atoms with Gasteiger partial charge in [-0.3, -0.25) is 0 Å². The van der Waals surface area contributed by atoms with Crippen LogP contribution in [0.1, 0.15) is 17.5 Å². The molecule has 0 unspecified atom stereocenters. The van der Waals surface area contributed by atoms with Crippen molar-refractivity contribution in [3.05, 3.63) is 29.3 Å². The maximum Gasteiger partial charge on any atom is 0.127 e. The summed E-state index contributed by atoms with van der Waals surface area (Å²) in [5.74, 6) is 0.901. The first-order valence-corrected chi connectivity index (χ1v) is 6.17. The van der Waals surface area contributed by atoms with Crippen LogP contribution in [0.15, 0.2) is 18.2 Å². The van der Waals surface area contributed by atoms with Gasteiger partial charge in [0.05, 0.1) is 0 Å². The summed E-state index contributed by atoms with van der Waals surface area (Å²) in [7, 11) is 2.03. The number of hydrogen-bond donors (Lipinski definition) is 1. The highest BCUT2D eigenvalue weighted by atomic mass is 16.5. The topological polar surface area (TPSA) is 32.7 Å². The van der Waals surface area contributed by atoms with E-state index in [0.29, 0.717) is 6.54 Å². The zero-order valence-corrected chi connectivity index (χ0v) is 10.8. The molecule has 3 heteroatoms. The standard InChI is InChI=1S/C14H21NO2/c1-10-5-4-6-13(11(10)2)17-14-7-8-15(3)9-12(14)16/h4-6,12,14,16H,7-9H2,1-3H3/t12-,14+/m1/s1. The lowest BCUT2D eigenvalue weighted by molar-refractivity contribution is -0.0184. The van der Waals surface area contributed by atoms with Gasteiger partial charge in [0.15, 0.2) is 0 Å². The van der Waals surface area contributed by atoms with E-state index in [-0.39, 0.29) is 6.10 Å². The molecule has 0 radical (unpaired) electrons. The minimum atomic E-state index is -0.395. The normalized spacial score (nSPS) is 25.9. The fraction of sp³-hybridized carbons (Fsp3) is 0.571. The van der Waals surface area contributed by atoms with Gasteiger partial charge in [-0.05, 0) is 44.5 Å². The zero-order valence-electron chi connectivity index (χ0n) is 10.8. The maximum atomic E-state index is 9.99. The molecule has 2 rings (SSSR count). The van der Waals surface area contributed by atoms with Crippen molar-refractivity contribution in [1.82, 2.24) is 4.90 Å². The Kier molecular flexibility index (Phi) is 3.69. The monoisotopic (exact) mass is 235 g/mol. The summed E-state index contributed by atoms with van der Waals surface area (Å²) >= 11 is 0. The first-order valence-electron chi connectivity index (χ1n) is 6.17. The van der Waals surface area contributed by atoms with Crippen molar-refractivity contribution in [3.8, 4) is 5.75 Å². The molecular weight excluding hydrogens is 214 g/mol. The maximum absolute atomic E-state index is 9.99. The highest BCUT2D eigenvalue weighted by Gasteiger charge is 2.27. The average molecular weight is 235 g/mol. The van der Waals surface area contributed by atoms with Crippen molar-refractivity contribution < 1.29 is 9.84 Å². The molecule has 0 amide bonds. The number of aliphatic hydroxyl groups is 1. The summed E-state index contributed by atoms with van der Waals surface area (Å²) in [6.07, 6.45) is 0.408. The molecule has 0 saturated carbocycles. The third-order valence-electron chi connectivity index (χ3n) is 3.56. The minimum absolute atomic E-state index is 0.0771. The highest BCUT2D eigenvalue weighted by molar-refractivity contribution is 5.38. The molecule has 1 aliphatic rings. The van der Waals surface area contributed by atoms with Crippen molar-refractivity contribution >= 4 is 0 Å². The van der Waals surface area contributed by atoms with E-state index in [1.807, 2.05) is 19.2 Å². The Hall–Kier alpha value is -1.06. The van der Waals surface area contributed by atoms with E-state index in [2.05, 4.69) is 24.8 Å². The van der Waals surface area contributed by atoms with Gasteiger partial charge in [-0.15, -0.1) is 0 Å². The van der Waals surface area contributed by atoms with Crippen molar-refractivity contribution in [2.24, 2.45) is 0 Å². The molecule has 1 fully saturated rings. The fourth-order valence-electron chi connectivity index (χ4n) is 2.22. The second-order valence-electron chi connectivity index (χ2n) is 4.97. The highest BCUT2D eigenvalue weighted by Crippen LogP contribution is 2.24. The molecule has 1 N–H and O–H groups in total. The Bertz CT molecular complexity index is 392. The van der Waals surface area contributed by atoms with Crippen molar-refractivity contribution in [2.45, 2.75) is 32.5 Å². The summed E-state index contributed by atoms with van der Waals surface area (Å²) in [5.41, 5.74) is 2.39. The van der Waals surface area contributed by atoms with Crippen LogP contribution in [0.3, 0.4) is 0 Å². The molecule has 1 aliphatic heterocycles. The molecule has 17 heavy (non-hydrogen) atoms. The van der Waals surface area contributed by atoms with Crippen molar-refractivity contribution in [3.63, 3.8) is 0 Å². The van der Waals surface area contributed by atoms with E-state index in [1.54, 1.807) is 0 Å². The number of aliphatic hydroxyl groups excluding tert-OH is 1. The number of β-amino-alcohol motifs (C(OH)–C–C–N with tert-alkyl or cyclic N) is 1. The quantitative estimate of drug-likeness (QED) is 0.847. The third-order valence-corrected chi connectivity index (χ3v) is 3.56. The first kappa shape index (κ1) is 12.4. The van der Waals surface area contributed by atoms with Gasteiger partial charge in [0.25, 0.3) is 0 Å². The molecule has 1 heterocycles. The minimum Gasteiger partial charge on any atom is -0.487 e. The van der Waals surface area contributed by atoms with E-state index in [0.717, 1.165) is 18.7 Å². The molecule has 0 bridgehead atoms. The summed E-state index contributed by atoms with van der Waals surface area (Å²) in [6, 6.07) is 6.06.